The van der Waals surface area contributed by atoms with E-state index >= 15 is 0 Å². The van der Waals surface area contributed by atoms with E-state index in [1.807, 2.05) is 54.4 Å². The largest absolute Gasteiger partial charge is 0.339 e. The Labute approximate surface area is 136 Å². The highest BCUT2D eigenvalue weighted by Gasteiger charge is 2.23. The molecule has 4 heteroatoms. The monoisotopic (exact) mass is 307 g/mol. The van der Waals surface area contributed by atoms with Crippen molar-refractivity contribution >= 4 is 12.0 Å². The fourth-order valence-electron chi connectivity index (χ4n) is 2.91. The molecule has 2 aromatic rings. The van der Waals surface area contributed by atoms with Crippen LogP contribution in [0.15, 0.2) is 48.8 Å². The standard InChI is InChI=1S/C19H21N3O/c1-15-13-20-14-18(21-15)17-9-11-22(12-10-17)19(23)8-7-16-5-3-2-4-6-16/h2-8,13-14,17H,9-12H2,1H3. The van der Waals surface area contributed by atoms with Crippen LogP contribution in [0, 0.1) is 6.92 Å². The van der Waals surface area contributed by atoms with Crippen LogP contribution in [0.1, 0.15) is 35.7 Å². The molecule has 23 heavy (non-hydrogen) atoms. The van der Waals surface area contributed by atoms with Crippen molar-refractivity contribution in [3.63, 3.8) is 0 Å². The second kappa shape index (κ2) is 7.18. The van der Waals surface area contributed by atoms with Gasteiger partial charge in [-0.05, 0) is 31.4 Å². The summed E-state index contributed by atoms with van der Waals surface area (Å²) >= 11 is 0. The number of likely N-dealkylation sites (tertiary alicyclic amines) is 1. The Morgan fingerprint density at radius 2 is 1.91 bits per heavy atom. The van der Waals surface area contributed by atoms with E-state index in [0.29, 0.717) is 5.92 Å². The molecule has 1 aromatic heterocycles. The number of carbonyl (C=O) groups excluding carboxylic acids is 1. The molecule has 1 aromatic carbocycles. The topological polar surface area (TPSA) is 46.1 Å². The number of nitrogens with zero attached hydrogens (tertiary/aromatic N) is 3. The van der Waals surface area contributed by atoms with Crippen molar-refractivity contribution in [2.75, 3.05) is 13.1 Å². The average molecular weight is 307 g/mol. The van der Waals surface area contributed by atoms with E-state index in [0.717, 1.165) is 42.9 Å². The molecule has 1 saturated heterocycles. The van der Waals surface area contributed by atoms with Gasteiger partial charge in [0.25, 0.3) is 0 Å². The first-order valence-electron chi connectivity index (χ1n) is 8.03. The van der Waals surface area contributed by atoms with Crippen molar-refractivity contribution in [3.05, 3.63) is 65.8 Å². The highest BCUT2D eigenvalue weighted by molar-refractivity contribution is 5.91. The first-order chi connectivity index (χ1) is 11.2. The normalized spacial score (nSPS) is 16.0. The fraction of sp³-hybridized carbons (Fsp3) is 0.316. The first-order valence-corrected chi connectivity index (χ1v) is 8.03. The summed E-state index contributed by atoms with van der Waals surface area (Å²) in [6.07, 6.45) is 9.07. The Hall–Kier alpha value is -2.49. The van der Waals surface area contributed by atoms with Crippen molar-refractivity contribution in [1.29, 1.82) is 0 Å². The van der Waals surface area contributed by atoms with Crippen LogP contribution in [0.2, 0.25) is 0 Å². The molecular weight excluding hydrogens is 286 g/mol. The molecule has 2 heterocycles. The number of hydrogen-bond acceptors (Lipinski definition) is 3. The molecule has 0 spiro atoms. The molecule has 1 fully saturated rings. The van der Waals surface area contributed by atoms with Gasteiger partial charge in [-0.2, -0.15) is 0 Å². The van der Waals surface area contributed by atoms with E-state index in [2.05, 4.69) is 9.97 Å². The van der Waals surface area contributed by atoms with Gasteiger partial charge in [-0.25, -0.2) is 0 Å². The van der Waals surface area contributed by atoms with E-state index < -0.39 is 0 Å². The molecule has 0 radical (unpaired) electrons. The second-order valence-corrected chi connectivity index (χ2v) is 5.93. The van der Waals surface area contributed by atoms with Gasteiger partial charge in [0.2, 0.25) is 5.91 Å². The lowest BCUT2D eigenvalue weighted by Crippen LogP contribution is -2.37. The number of carbonyl (C=O) groups is 1. The maximum absolute atomic E-state index is 12.3. The highest BCUT2D eigenvalue weighted by Crippen LogP contribution is 2.26. The number of benzene rings is 1. The maximum atomic E-state index is 12.3. The quantitative estimate of drug-likeness (QED) is 0.818. The van der Waals surface area contributed by atoms with E-state index in [9.17, 15) is 4.79 Å². The molecule has 0 N–H and O–H groups in total. The molecule has 3 rings (SSSR count). The van der Waals surface area contributed by atoms with E-state index in [1.54, 1.807) is 12.3 Å². The Morgan fingerprint density at radius 3 is 2.61 bits per heavy atom. The highest BCUT2D eigenvalue weighted by atomic mass is 16.2. The SMILES string of the molecule is Cc1cncc(C2CCN(C(=O)C=Cc3ccccc3)CC2)n1. The van der Waals surface area contributed by atoms with Crippen molar-refractivity contribution < 1.29 is 4.79 Å². The molecule has 4 nitrogen and oxygen atoms in total. The summed E-state index contributed by atoms with van der Waals surface area (Å²) in [6.45, 7) is 3.51. The summed E-state index contributed by atoms with van der Waals surface area (Å²) in [5.74, 6) is 0.493. The lowest BCUT2D eigenvalue weighted by molar-refractivity contribution is -0.126. The molecule has 0 aliphatic carbocycles. The number of hydrogen-bond donors (Lipinski definition) is 0. The summed E-state index contributed by atoms with van der Waals surface area (Å²) < 4.78 is 0. The zero-order chi connectivity index (χ0) is 16.1. The Kier molecular flexibility index (Phi) is 4.81. The zero-order valence-corrected chi connectivity index (χ0v) is 13.4. The van der Waals surface area contributed by atoms with Crippen LogP contribution in [0.3, 0.4) is 0 Å². The summed E-state index contributed by atoms with van der Waals surface area (Å²) in [6, 6.07) is 9.90. The predicted octanol–water partition coefficient (Wildman–Crippen LogP) is 3.20. The minimum atomic E-state index is 0.0858. The number of amides is 1. The number of piperidine rings is 1. The number of aryl methyl sites for hydroxylation is 1. The van der Waals surface area contributed by atoms with Crippen LogP contribution in [0.5, 0.6) is 0 Å². The zero-order valence-electron chi connectivity index (χ0n) is 13.4. The van der Waals surface area contributed by atoms with Crippen molar-refractivity contribution in [1.82, 2.24) is 14.9 Å². The van der Waals surface area contributed by atoms with Gasteiger partial charge < -0.3 is 4.90 Å². The molecule has 0 bridgehead atoms. The summed E-state index contributed by atoms with van der Waals surface area (Å²) in [5.41, 5.74) is 3.05. The Bertz CT molecular complexity index is 689. The van der Waals surface area contributed by atoms with Crippen LogP contribution in [0.4, 0.5) is 0 Å². The van der Waals surface area contributed by atoms with Gasteiger partial charge >= 0.3 is 0 Å². The van der Waals surface area contributed by atoms with Gasteiger partial charge in [-0.15, -0.1) is 0 Å². The van der Waals surface area contributed by atoms with Gasteiger partial charge in [0.15, 0.2) is 0 Å². The van der Waals surface area contributed by atoms with Crippen LogP contribution in [-0.4, -0.2) is 33.9 Å². The van der Waals surface area contributed by atoms with Gasteiger partial charge in [-0.3, -0.25) is 14.8 Å². The van der Waals surface area contributed by atoms with Gasteiger partial charge in [-0.1, -0.05) is 30.3 Å². The van der Waals surface area contributed by atoms with Crippen molar-refractivity contribution in [2.45, 2.75) is 25.7 Å². The molecule has 0 saturated carbocycles. The molecule has 1 aliphatic rings. The second-order valence-electron chi connectivity index (χ2n) is 5.93. The lowest BCUT2D eigenvalue weighted by atomic mass is 9.93. The van der Waals surface area contributed by atoms with Gasteiger partial charge in [0, 0.05) is 37.5 Å². The molecular formula is C19H21N3O. The van der Waals surface area contributed by atoms with Crippen LogP contribution in [0.25, 0.3) is 6.08 Å². The summed E-state index contributed by atoms with van der Waals surface area (Å²) in [5, 5.41) is 0. The van der Waals surface area contributed by atoms with E-state index in [1.165, 1.54) is 0 Å². The number of aromatic nitrogens is 2. The Balaban J connectivity index is 1.56. The van der Waals surface area contributed by atoms with Crippen LogP contribution >= 0.6 is 0 Å². The third-order valence-corrected chi connectivity index (χ3v) is 4.22. The van der Waals surface area contributed by atoms with Crippen LogP contribution in [-0.2, 0) is 4.79 Å². The maximum Gasteiger partial charge on any atom is 0.246 e. The summed E-state index contributed by atoms with van der Waals surface area (Å²) in [4.78, 5) is 23.0. The smallest absolute Gasteiger partial charge is 0.246 e. The predicted molar refractivity (Wildman–Crippen MR) is 90.8 cm³/mol. The first kappa shape index (κ1) is 15.4. The van der Waals surface area contributed by atoms with Crippen LogP contribution < -0.4 is 0 Å². The lowest BCUT2D eigenvalue weighted by Gasteiger charge is -2.31. The van der Waals surface area contributed by atoms with E-state index in [-0.39, 0.29) is 5.91 Å². The summed E-state index contributed by atoms with van der Waals surface area (Å²) in [7, 11) is 0. The Morgan fingerprint density at radius 1 is 1.17 bits per heavy atom. The van der Waals surface area contributed by atoms with Crippen molar-refractivity contribution in [2.24, 2.45) is 0 Å². The third kappa shape index (κ3) is 4.03. The molecule has 118 valence electrons. The average Bonchev–Trinajstić information content (AvgIpc) is 2.61. The molecule has 0 unspecified atom stereocenters. The molecule has 1 aliphatic heterocycles. The molecule has 0 atom stereocenters. The minimum absolute atomic E-state index is 0.0858. The minimum Gasteiger partial charge on any atom is -0.339 e. The van der Waals surface area contributed by atoms with Gasteiger partial charge in [0.1, 0.15) is 0 Å². The number of rotatable bonds is 3. The fourth-order valence-corrected chi connectivity index (χ4v) is 2.91. The van der Waals surface area contributed by atoms with E-state index in [4.69, 9.17) is 0 Å². The van der Waals surface area contributed by atoms with Crippen molar-refractivity contribution in [3.8, 4) is 0 Å². The van der Waals surface area contributed by atoms with Gasteiger partial charge in [0.05, 0.1) is 11.4 Å². The third-order valence-electron chi connectivity index (χ3n) is 4.22. The molecule has 1 amide bonds.